The molecule has 140 valence electrons. The topological polar surface area (TPSA) is 64.4 Å². The number of anilines is 1. The van der Waals surface area contributed by atoms with Crippen LogP contribution in [0.1, 0.15) is 29.5 Å². The van der Waals surface area contributed by atoms with Gasteiger partial charge in [0.15, 0.2) is 4.87 Å². The Bertz CT molecular complexity index is 1030. The summed E-state index contributed by atoms with van der Waals surface area (Å²) in [5.74, 6) is 0.905. The highest BCUT2D eigenvalue weighted by Crippen LogP contribution is 2.55. The molecule has 0 radical (unpaired) electrons. The van der Waals surface area contributed by atoms with Crippen LogP contribution in [0.2, 0.25) is 0 Å². The summed E-state index contributed by atoms with van der Waals surface area (Å²) in [6, 6.07) is 17.3. The third kappa shape index (κ3) is 2.46. The highest BCUT2D eigenvalue weighted by Gasteiger charge is 2.60. The molecule has 5 nitrogen and oxygen atoms in total. The molecule has 1 aliphatic carbocycles. The zero-order valence-corrected chi connectivity index (χ0v) is 16.1. The smallest absolute Gasteiger partial charge is 0.268 e. The molecule has 0 unspecified atom stereocenters. The summed E-state index contributed by atoms with van der Waals surface area (Å²) in [4.78, 5) is 29.4. The number of amides is 2. The second-order valence-corrected chi connectivity index (χ2v) is 8.77. The van der Waals surface area contributed by atoms with Crippen LogP contribution >= 0.6 is 11.8 Å². The second kappa shape index (κ2) is 6.39. The van der Waals surface area contributed by atoms with Crippen LogP contribution in [0.15, 0.2) is 48.5 Å². The first kappa shape index (κ1) is 17.3. The number of nitrogens with zero attached hydrogens (tertiary/aromatic N) is 3. The summed E-state index contributed by atoms with van der Waals surface area (Å²) in [5, 5.41) is 9.18. The van der Waals surface area contributed by atoms with Gasteiger partial charge in [0, 0.05) is 23.8 Å². The lowest BCUT2D eigenvalue weighted by molar-refractivity contribution is -0.141. The number of benzene rings is 2. The van der Waals surface area contributed by atoms with Crippen molar-refractivity contribution in [1.82, 2.24) is 4.90 Å². The van der Waals surface area contributed by atoms with Crippen LogP contribution < -0.4 is 4.90 Å². The maximum Gasteiger partial charge on any atom is 0.268 e. The Hall–Kier alpha value is -2.78. The molecule has 1 spiro atoms. The van der Waals surface area contributed by atoms with Gasteiger partial charge in [0.05, 0.1) is 23.9 Å². The standard InChI is InChI=1S/C22H19N3O2S/c23-13-15-4-3-5-16(12-15)14-24-19-7-2-1-6-18(19)22(21(24)27)25(10-11-28-22)20(26)17-8-9-17/h1-7,12,17H,8-11,14H2/t22-/m0/s1. The fraction of sp³-hybridized carbons (Fsp3) is 0.318. The first-order valence-electron chi connectivity index (χ1n) is 9.51. The van der Waals surface area contributed by atoms with Crippen molar-refractivity contribution in [2.24, 2.45) is 5.92 Å². The van der Waals surface area contributed by atoms with Crippen LogP contribution in [0.5, 0.6) is 0 Å². The molecule has 6 heteroatoms. The monoisotopic (exact) mass is 389 g/mol. The summed E-state index contributed by atoms with van der Waals surface area (Å²) in [6.45, 7) is 0.997. The van der Waals surface area contributed by atoms with Crippen LogP contribution in [0, 0.1) is 17.2 Å². The molecule has 2 amide bonds. The summed E-state index contributed by atoms with van der Waals surface area (Å²) in [6.07, 6.45) is 1.85. The number of hydrogen-bond acceptors (Lipinski definition) is 4. The summed E-state index contributed by atoms with van der Waals surface area (Å²) in [7, 11) is 0. The summed E-state index contributed by atoms with van der Waals surface area (Å²) >= 11 is 1.57. The Morgan fingerprint density at radius 3 is 2.82 bits per heavy atom. The molecule has 1 atom stereocenters. The molecule has 2 aliphatic heterocycles. The van der Waals surface area contributed by atoms with Crippen LogP contribution in [0.25, 0.3) is 0 Å². The minimum Gasteiger partial charge on any atom is -0.315 e. The van der Waals surface area contributed by atoms with Gasteiger partial charge in [0.2, 0.25) is 5.91 Å². The Morgan fingerprint density at radius 2 is 2.04 bits per heavy atom. The van der Waals surface area contributed by atoms with Crippen LogP contribution in [-0.2, 0) is 21.0 Å². The third-order valence-corrected chi connectivity index (χ3v) is 7.11. The molecule has 2 aromatic carbocycles. The zero-order valence-electron chi connectivity index (χ0n) is 15.3. The van der Waals surface area contributed by atoms with Crippen LogP contribution in [0.4, 0.5) is 5.69 Å². The van der Waals surface area contributed by atoms with E-state index in [0.717, 1.165) is 35.4 Å². The average Bonchev–Trinajstić information content (AvgIpc) is 3.45. The van der Waals surface area contributed by atoms with E-state index in [1.807, 2.05) is 47.4 Å². The predicted molar refractivity (Wildman–Crippen MR) is 107 cm³/mol. The van der Waals surface area contributed by atoms with Gasteiger partial charge in [-0.1, -0.05) is 30.3 Å². The fourth-order valence-electron chi connectivity index (χ4n) is 4.22. The van der Waals surface area contributed by atoms with E-state index in [4.69, 9.17) is 0 Å². The van der Waals surface area contributed by atoms with E-state index >= 15 is 0 Å². The predicted octanol–water partition coefficient (Wildman–Crippen LogP) is 3.24. The molecule has 1 saturated carbocycles. The summed E-state index contributed by atoms with van der Waals surface area (Å²) in [5.41, 5.74) is 3.25. The number of nitriles is 1. The van der Waals surface area contributed by atoms with Crippen molar-refractivity contribution in [1.29, 1.82) is 5.26 Å². The number of carbonyl (C=O) groups excluding carboxylic acids is 2. The highest BCUT2D eigenvalue weighted by molar-refractivity contribution is 8.01. The third-order valence-electron chi connectivity index (χ3n) is 5.69. The molecular formula is C22H19N3O2S. The lowest BCUT2D eigenvalue weighted by Crippen LogP contribution is -2.50. The Labute approximate surface area is 167 Å². The Kier molecular flexibility index (Phi) is 3.95. The molecule has 2 heterocycles. The van der Waals surface area contributed by atoms with E-state index in [1.54, 1.807) is 22.7 Å². The van der Waals surface area contributed by atoms with E-state index in [1.165, 1.54) is 0 Å². The molecule has 5 rings (SSSR count). The van der Waals surface area contributed by atoms with E-state index in [9.17, 15) is 14.9 Å². The molecule has 2 aromatic rings. The van der Waals surface area contributed by atoms with Crippen molar-refractivity contribution >= 4 is 29.3 Å². The number of rotatable bonds is 3. The zero-order chi connectivity index (χ0) is 19.3. The minimum atomic E-state index is -0.941. The maximum atomic E-state index is 13.7. The normalized spacial score (nSPS) is 23.2. The molecule has 0 aromatic heterocycles. The number of para-hydroxylation sites is 1. The van der Waals surface area contributed by atoms with Crippen molar-refractivity contribution in [2.75, 3.05) is 17.2 Å². The first-order chi connectivity index (χ1) is 13.6. The molecule has 28 heavy (non-hydrogen) atoms. The SMILES string of the molecule is N#Cc1cccc(CN2C(=O)[C@@]3(SCCN3C(=O)C3CC3)c3ccccc32)c1. The molecular weight excluding hydrogens is 370 g/mol. The van der Waals surface area contributed by atoms with Crippen molar-refractivity contribution in [3.63, 3.8) is 0 Å². The van der Waals surface area contributed by atoms with Crippen molar-refractivity contribution in [3.8, 4) is 6.07 Å². The lowest BCUT2D eigenvalue weighted by atomic mass is 10.1. The van der Waals surface area contributed by atoms with Gasteiger partial charge >= 0.3 is 0 Å². The van der Waals surface area contributed by atoms with Crippen molar-refractivity contribution < 1.29 is 9.59 Å². The van der Waals surface area contributed by atoms with E-state index in [0.29, 0.717) is 18.7 Å². The quantitative estimate of drug-likeness (QED) is 0.808. The van der Waals surface area contributed by atoms with Gasteiger partial charge in [-0.05, 0) is 36.6 Å². The minimum absolute atomic E-state index is 0.0486. The largest absolute Gasteiger partial charge is 0.315 e. The average molecular weight is 389 g/mol. The molecule has 3 aliphatic rings. The molecule has 0 N–H and O–H groups in total. The fourth-order valence-corrected chi connectivity index (χ4v) is 5.69. The van der Waals surface area contributed by atoms with Gasteiger partial charge in [0.1, 0.15) is 0 Å². The van der Waals surface area contributed by atoms with Crippen molar-refractivity contribution in [3.05, 3.63) is 65.2 Å². The van der Waals surface area contributed by atoms with Gasteiger partial charge in [-0.2, -0.15) is 5.26 Å². The van der Waals surface area contributed by atoms with E-state index in [-0.39, 0.29) is 17.7 Å². The number of hydrogen-bond donors (Lipinski definition) is 0. The molecule has 1 saturated heterocycles. The maximum absolute atomic E-state index is 13.7. The second-order valence-electron chi connectivity index (χ2n) is 7.48. The lowest BCUT2D eigenvalue weighted by Gasteiger charge is -2.33. The van der Waals surface area contributed by atoms with Gasteiger partial charge in [-0.15, -0.1) is 11.8 Å². The molecule has 0 bridgehead atoms. The van der Waals surface area contributed by atoms with Gasteiger partial charge in [-0.25, -0.2) is 0 Å². The number of thioether (sulfide) groups is 1. The van der Waals surface area contributed by atoms with Gasteiger partial charge < -0.3 is 9.80 Å². The van der Waals surface area contributed by atoms with E-state index in [2.05, 4.69) is 6.07 Å². The van der Waals surface area contributed by atoms with E-state index < -0.39 is 4.87 Å². The summed E-state index contributed by atoms with van der Waals surface area (Å²) < 4.78 is 0. The number of carbonyl (C=O) groups is 2. The van der Waals surface area contributed by atoms with Crippen LogP contribution in [-0.4, -0.2) is 29.0 Å². The first-order valence-corrected chi connectivity index (χ1v) is 10.5. The van der Waals surface area contributed by atoms with Crippen molar-refractivity contribution in [2.45, 2.75) is 24.3 Å². The highest BCUT2D eigenvalue weighted by atomic mass is 32.2. The van der Waals surface area contributed by atoms with Gasteiger partial charge in [0.25, 0.3) is 5.91 Å². The number of fused-ring (bicyclic) bond motifs is 2. The van der Waals surface area contributed by atoms with Gasteiger partial charge in [-0.3, -0.25) is 9.59 Å². The molecule has 2 fully saturated rings. The Balaban J connectivity index is 1.57. The van der Waals surface area contributed by atoms with Crippen LogP contribution in [0.3, 0.4) is 0 Å². The Morgan fingerprint density at radius 1 is 1.21 bits per heavy atom.